The smallest absolute Gasteiger partial charge is 0.324 e. The summed E-state index contributed by atoms with van der Waals surface area (Å²) in [5.41, 5.74) is 0.899. The summed E-state index contributed by atoms with van der Waals surface area (Å²) in [6, 6.07) is 10.6. The van der Waals surface area contributed by atoms with Crippen LogP contribution in [0.5, 0.6) is 0 Å². The van der Waals surface area contributed by atoms with Crippen LogP contribution >= 0.6 is 0 Å². The summed E-state index contributed by atoms with van der Waals surface area (Å²) in [6.45, 7) is 16.3. The van der Waals surface area contributed by atoms with Crippen LogP contribution in [-0.2, 0) is 4.79 Å². The number of para-hydroxylation sites is 1. The number of urea groups is 1. The van der Waals surface area contributed by atoms with Gasteiger partial charge in [-0.15, -0.1) is 0 Å². The molecule has 7 atom stereocenters. The molecule has 1 saturated carbocycles. The second kappa shape index (κ2) is 17.7. The van der Waals surface area contributed by atoms with Gasteiger partial charge in [0.1, 0.15) is 0 Å². The highest BCUT2D eigenvalue weighted by Gasteiger charge is 2.38. The van der Waals surface area contributed by atoms with Gasteiger partial charge in [-0.05, 0) is 68.9 Å². The highest BCUT2D eigenvalue weighted by atomic mass is 16.4. The third kappa shape index (κ3) is 10.1. The number of carbonyl (C=O) groups is 2. The number of likely N-dealkylation sites (tertiary alicyclic amines) is 1. The van der Waals surface area contributed by atoms with Crippen LogP contribution in [0.2, 0.25) is 0 Å². The number of benzene rings is 1. The van der Waals surface area contributed by atoms with Gasteiger partial charge in [0.15, 0.2) is 0 Å². The normalized spacial score (nSPS) is 28.8. The molecule has 2 saturated heterocycles. The van der Waals surface area contributed by atoms with Crippen LogP contribution in [0.4, 0.5) is 10.5 Å². The van der Waals surface area contributed by atoms with E-state index in [0.717, 1.165) is 49.1 Å². The zero-order valence-electron chi connectivity index (χ0n) is 26.6. The maximum absolute atomic E-state index is 13.4. The summed E-state index contributed by atoms with van der Waals surface area (Å²) < 4.78 is 0. The van der Waals surface area contributed by atoms with E-state index in [2.05, 4.69) is 39.9 Å². The number of carboxylic acid groups (broad SMARTS) is 1. The predicted octanol–water partition coefficient (Wildman–Crippen LogP) is 8.21. The molecule has 6 nitrogen and oxygen atoms in total. The van der Waals surface area contributed by atoms with Crippen LogP contribution in [0.15, 0.2) is 30.3 Å². The molecule has 0 radical (unpaired) electrons. The average molecular weight is 558 g/mol. The van der Waals surface area contributed by atoms with Gasteiger partial charge in [0.2, 0.25) is 0 Å². The van der Waals surface area contributed by atoms with Gasteiger partial charge >= 0.3 is 12.0 Å². The maximum atomic E-state index is 13.4. The van der Waals surface area contributed by atoms with Crippen molar-refractivity contribution >= 4 is 17.7 Å². The number of anilines is 1. The van der Waals surface area contributed by atoms with Gasteiger partial charge in [0.25, 0.3) is 0 Å². The Morgan fingerprint density at radius 3 is 2.33 bits per heavy atom. The Hall–Kier alpha value is -2.08. The molecule has 3 aliphatic rings. The molecule has 2 amide bonds. The van der Waals surface area contributed by atoms with Gasteiger partial charge in [-0.3, -0.25) is 9.69 Å². The fourth-order valence-electron chi connectivity index (χ4n) is 6.82. The van der Waals surface area contributed by atoms with Crippen LogP contribution in [-0.4, -0.2) is 53.2 Å². The maximum Gasteiger partial charge on any atom is 0.324 e. The van der Waals surface area contributed by atoms with Crippen molar-refractivity contribution in [3.05, 3.63) is 30.3 Å². The van der Waals surface area contributed by atoms with E-state index >= 15 is 0 Å². The van der Waals surface area contributed by atoms with Crippen molar-refractivity contribution in [2.75, 3.05) is 18.0 Å². The van der Waals surface area contributed by atoms with Crippen LogP contribution < -0.4 is 10.2 Å². The lowest BCUT2D eigenvalue weighted by Gasteiger charge is -2.42. The zero-order valence-corrected chi connectivity index (χ0v) is 26.6. The third-order valence-corrected chi connectivity index (χ3v) is 9.18. The first-order valence-electron chi connectivity index (χ1n) is 16.3. The molecule has 1 aromatic carbocycles. The Kier molecular flexibility index (Phi) is 15.1. The van der Waals surface area contributed by atoms with E-state index in [9.17, 15) is 14.7 Å². The molecule has 40 heavy (non-hydrogen) atoms. The van der Waals surface area contributed by atoms with E-state index in [1.54, 1.807) is 4.90 Å². The number of rotatable bonds is 7. The standard InChI is InChI=1S/C21H31N3O3.C11H22.C2H6/c1-3-7-17-13-19(12-15(2)22-17)24(18-8-5-4-6-9-18)21(27)23-11-10-16(14-23)20(25)26;1-4-10(3)11-7-5-6-9(2)8-11;1-2/h4-6,8-9,15-17,19,22H,3,7,10-14H2,1-2H3,(H,25,26);9-11H,4-8H2,1-3H3;1-2H3/t15-,16+,17-,19+;9-,10?,11?;/m01./s1. The van der Waals surface area contributed by atoms with Gasteiger partial charge < -0.3 is 15.3 Å². The lowest BCUT2D eigenvalue weighted by Crippen LogP contribution is -2.56. The number of aliphatic carboxylic acids is 1. The van der Waals surface area contributed by atoms with E-state index in [1.165, 1.54) is 32.1 Å². The number of hydrogen-bond donors (Lipinski definition) is 2. The third-order valence-electron chi connectivity index (χ3n) is 9.18. The van der Waals surface area contributed by atoms with E-state index < -0.39 is 11.9 Å². The fourth-order valence-corrected chi connectivity index (χ4v) is 6.82. The molecule has 0 spiro atoms. The lowest BCUT2D eigenvalue weighted by atomic mass is 9.75. The topological polar surface area (TPSA) is 72.9 Å². The van der Waals surface area contributed by atoms with Crippen LogP contribution in [0, 0.1) is 23.7 Å². The van der Waals surface area contributed by atoms with Gasteiger partial charge in [-0.1, -0.05) is 91.8 Å². The highest BCUT2D eigenvalue weighted by molar-refractivity contribution is 5.93. The number of hydrogen-bond acceptors (Lipinski definition) is 3. The van der Waals surface area contributed by atoms with Crippen molar-refractivity contribution in [3.63, 3.8) is 0 Å². The lowest BCUT2D eigenvalue weighted by molar-refractivity contribution is -0.141. The molecule has 1 aromatic rings. The minimum Gasteiger partial charge on any atom is -0.481 e. The molecule has 2 unspecified atom stereocenters. The second-order valence-corrected chi connectivity index (χ2v) is 12.4. The molecule has 3 fully saturated rings. The molecule has 1 aliphatic carbocycles. The van der Waals surface area contributed by atoms with Crippen molar-refractivity contribution in [3.8, 4) is 0 Å². The van der Waals surface area contributed by atoms with Crippen LogP contribution in [0.1, 0.15) is 113 Å². The number of nitrogens with one attached hydrogen (secondary N) is 1. The Balaban J connectivity index is 0.000000360. The van der Waals surface area contributed by atoms with Gasteiger partial charge in [0.05, 0.1) is 5.92 Å². The molecular formula is C34H59N3O3. The Morgan fingerprint density at radius 1 is 1.05 bits per heavy atom. The summed E-state index contributed by atoms with van der Waals surface area (Å²) in [5.74, 6) is 1.76. The molecule has 0 aromatic heterocycles. The first-order chi connectivity index (χ1) is 19.2. The molecule has 2 aliphatic heterocycles. The summed E-state index contributed by atoms with van der Waals surface area (Å²) in [4.78, 5) is 28.4. The average Bonchev–Trinajstić information content (AvgIpc) is 3.46. The molecule has 0 bridgehead atoms. The summed E-state index contributed by atoms with van der Waals surface area (Å²) in [6.07, 6.45) is 11.9. The van der Waals surface area contributed by atoms with Crippen molar-refractivity contribution in [1.82, 2.24) is 10.2 Å². The second-order valence-electron chi connectivity index (χ2n) is 12.4. The number of nitrogens with zero attached hydrogens (tertiary/aromatic N) is 2. The van der Waals surface area contributed by atoms with E-state index in [1.807, 2.05) is 49.1 Å². The SMILES string of the molecule is CC.CCC(C)C1CCC[C@@H](C)C1.CCC[C@H]1C[C@H](N(C(=O)N2CC[C@@H](C(=O)O)C2)c2ccccc2)C[C@H](C)N1. The largest absolute Gasteiger partial charge is 0.481 e. The van der Waals surface area contributed by atoms with Crippen molar-refractivity contribution in [1.29, 1.82) is 0 Å². The van der Waals surface area contributed by atoms with E-state index in [4.69, 9.17) is 0 Å². The molecule has 6 heteroatoms. The van der Waals surface area contributed by atoms with Crippen molar-refractivity contribution in [2.45, 2.75) is 131 Å². The first kappa shape index (κ1) is 34.1. The molecule has 2 N–H and O–H groups in total. The summed E-state index contributed by atoms with van der Waals surface area (Å²) in [7, 11) is 0. The quantitative estimate of drug-likeness (QED) is 0.354. The zero-order chi connectivity index (χ0) is 29.7. The Morgan fingerprint density at radius 2 is 1.75 bits per heavy atom. The highest BCUT2D eigenvalue weighted by Crippen LogP contribution is 2.34. The number of piperidine rings is 1. The first-order valence-corrected chi connectivity index (χ1v) is 16.3. The van der Waals surface area contributed by atoms with Crippen LogP contribution in [0.25, 0.3) is 0 Å². The van der Waals surface area contributed by atoms with Gasteiger partial charge in [0, 0.05) is 36.9 Å². The number of amides is 2. The summed E-state index contributed by atoms with van der Waals surface area (Å²) >= 11 is 0. The fraction of sp³-hybridized carbons (Fsp3) is 0.765. The minimum atomic E-state index is -0.810. The van der Waals surface area contributed by atoms with Crippen LogP contribution in [0.3, 0.4) is 0 Å². The minimum absolute atomic E-state index is 0.0562. The predicted molar refractivity (Wildman–Crippen MR) is 168 cm³/mol. The van der Waals surface area contributed by atoms with Gasteiger partial charge in [-0.25, -0.2) is 4.79 Å². The van der Waals surface area contributed by atoms with Crippen molar-refractivity contribution < 1.29 is 14.7 Å². The van der Waals surface area contributed by atoms with E-state index in [-0.39, 0.29) is 12.1 Å². The monoisotopic (exact) mass is 557 g/mol. The number of carbonyl (C=O) groups excluding carboxylic acids is 1. The number of carboxylic acids is 1. The summed E-state index contributed by atoms with van der Waals surface area (Å²) in [5, 5.41) is 12.9. The van der Waals surface area contributed by atoms with Crippen molar-refractivity contribution in [2.24, 2.45) is 23.7 Å². The molecule has 228 valence electrons. The van der Waals surface area contributed by atoms with Gasteiger partial charge in [-0.2, -0.15) is 0 Å². The Labute approximate surface area is 245 Å². The Bertz CT molecular complexity index is 863. The van der Waals surface area contributed by atoms with E-state index in [0.29, 0.717) is 31.6 Å². The molecular weight excluding hydrogens is 498 g/mol. The molecule has 4 rings (SSSR count). The molecule has 2 heterocycles.